The van der Waals surface area contributed by atoms with E-state index in [-0.39, 0.29) is 5.82 Å². The Morgan fingerprint density at radius 2 is 2.29 bits per heavy atom. The summed E-state index contributed by atoms with van der Waals surface area (Å²) in [4.78, 5) is 0. The maximum atomic E-state index is 13.1. The molecule has 2 rings (SSSR count). The van der Waals surface area contributed by atoms with Crippen LogP contribution in [0.4, 0.5) is 10.1 Å². The number of hydrogen-bond donors (Lipinski definition) is 1. The molecular formula is C11H14FNO. The summed E-state index contributed by atoms with van der Waals surface area (Å²) >= 11 is 0. The third-order valence-electron chi connectivity index (χ3n) is 2.61. The lowest BCUT2D eigenvalue weighted by Gasteiger charge is -2.25. The molecule has 1 atom stereocenters. The number of nitrogens with one attached hydrogen (secondary N) is 1. The fourth-order valence-corrected chi connectivity index (χ4v) is 1.85. The molecule has 0 bridgehead atoms. The minimum Gasteiger partial charge on any atom is -0.494 e. The van der Waals surface area contributed by atoms with Gasteiger partial charge in [-0.15, -0.1) is 0 Å². The van der Waals surface area contributed by atoms with Crippen molar-refractivity contribution in [3.8, 4) is 5.75 Å². The van der Waals surface area contributed by atoms with Crippen LogP contribution in [0.25, 0.3) is 0 Å². The van der Waals surface area contributed by atoms with Crippen LogP contribution < -0.4 is 10.1 Å². The molecule has 0 radical (unpaired) electrons. The Bertz CT molecular complexity index is 334. The van der Waals surface area contributed by atoms with Gasteiger partial charge in [-0.1, -0.05) is 0 Å². The Balaban J connectivity index is 2.47. The van der Waals surface area contributed by atoms with Crippen molar-refractivity contribution in [3.63, 3.8) is 0 Å². The average molecular weight is 195 g/mol. The second kappa shape index (κ2) is 3.48. The summed E-state index contributed by atoms with van der Waals surface area (Å²) in [5.74, 6) is 0.378. The van der Waals surface area contributed by atoms with Gasteiger partial charge >= 0.3 is 0 Å². The van der Waals surface area contributed by atoms with Gasteiger partial charge in [-0.2, -0.15) is 0 Å². The van der Waals surface area contributed by atoms with Crippen LogP contribution in [-0.4, -0.2) is 13.2 Å². The number of hydrogen-bond acceptors (Lipinski definition) is 2. The van der Waals surface area contributed by atoms with Crippen molar-refractivity contribution in [1.29, 1.82) is 0 Å². The Labute approximate surface area is 83.1 Å². The predicted molar refractivity (Wildman–Crippen MR) is 54.4 cm³/mol. The Morgan fingerprint density at radius 1 is 1.50 bits per heavy atom. The fourth-order valence-electron chi connectivity index (χ4n) is 1.85. The third-order valence-corrected chi connectivity index (χ3v) is 2.61. The maximum Gasteiger partial charge on any atom is 0.145 e. The van der Waals surface area contributed by atoms with Gasteiger partial charge in [0.25, 0.3) is 0 Å². The summed E-state index contributed by atoms with van der Waals surface area (Å²) in [6, 6.07) is 3.43. The number of aryl methyl sites for hydroxylation is 1. The standard InChI is InChI=1S/C11H14FNO/c1-7-3-4-8-5-9(12)6-10(14-2)11(8)13-7/h5-7,13H,3-4H2,1-2H3. The van der Waals surface area contributed by atoms with Crippen LogP contribution in [-0.2, 0) is 6.42 Å². The quantitative estimate of drug-likeness (QED) is 0.743. The first-order valence-electron chi connectivity index (χ1n) is 4.83. The zero-order valence-corrected chi connectivity index (χ0v) is 8.43. The fraction of sp³-hybridized carbons (Fsp3) is 0.455. The number of rotatable bonds is 1. The third kappa shape index (κ3) is 1.54. The molecule has 0 saturated heterocycles. The van der Waals surface area contributed by atoms with E-state index in [1.165, 1.54) is 6.07 Å². The molecule has 1 aliphatic heterocycles. The van der Waals surface area contributed by atoms with E-state index < -0.39 is 0 Å². The lowest BCUT2D eigenvalue weighted by Crippen LogP contribution is -2.22. The van der Waals surface area contributed by atoms with Gasteiger partial charge in [0, 0.05) is 12.1 Å². The molecule has 0 spiro atoms. The van der Waals surface area contributed by atoms with E-state index in [4.69, 9.17) is 4.74 Å². The number of anilines is 1. The molecule has 1 unspecified atom stereocenters. The Kier molecular flexibility index (Phi) is 2.32. The number of methoxy groups -OCH3 is 1. The molecule has 0 saturated carbocycles. The highest BCUT2D eigenvalue weighted by molar-refractivity contribution is 5.64. The summed E-state index contributed by atoms with van der Waals surface area (Å²) in [6.45, 7) is 2.12. The van der Waals surface area contributed by atoms with E-state index in [1.54, 1.807) is 13.2 Å². The summed E-state index contributed by atoms with van der Waals surface area (Å²) in [7, 11) is 1.57. The molecule has 1 aliphatic rings. The minimum absolute atomic E-state index is 0.225. The van der Waals surface area contributed by atoms with Crippen molar-refractivity contribution in [2.45, 2.75) is 25.8 Å². The molecular weight excluding hydrogens is 181 g/mol. The number of ether oxygens (including phenoxy) is 1. The van der Waals surface area contributed by atoms with Crippen molar-refractivity contribution in [2.75, 3.05) is 12.4 Å². The summed E-state index contributed by atoms with van der Waals surface area (Å²) < 4.78 is 18.3. The van der Waals surface area contributed by atoms with Crippen molar-refractivity contribution in [3.05, 3.63) is 23.5 Å². The number of benzene rings is 1. The minimum atomic E-state index is -0.225. The summed E-state index contributed by atoms with van der Waals surface area (Å²) in [5.41, 5.74) is 1.97. The summed E-state index contributed by atoms with van der Waals surface area (Å²) in [5, 5.41) is 3.31. The SMILES string of the molecule is COc1cc(F)cc2c1NC(C)CC2. The summed E-state index contributed by atoms with van der Waals surface area (Å²) in [6.07, 6.45) is 1.96. The van der Waals surface area contributed by atoms with Crippen LogP contribution in [0.2, 0.25) is 0 Å². The van der Waals surface area contributed by atoms with Gasteiger partial charge in [0.1, 0.15) is 11.6 Å². The molecule has 1 heterocycles. The van der Waals surface area contributed by atoms with Crippen LogP contribution in [0.15, 0.2) is 12.1 Å². The smallest absolute Gasteiger partial charge is 0.145 e. The van der Waals surface area contributed by atoms with Crippen molar-refractivity contribution >= 4 is 5.69 Å². The van der Waals surface area contributed by atoms with E-state index in [2.05, 4.69) is 12.2 Å². The Hall–Kier alpha value is -1.25. The van der Waals surface area contributed by atoms with Gasteiger partial charge in [0.05, 0.1) is 12.8 Å². The topological polar surface area (TPSA) is 21.3 Å². The zero-order valence-electron chi connectivity index (χ0n) is 8.43. The van der Waals surface area contributed by atoms with Gasteiger partial charge in [-0.25, -0.2) is 4.39 Å². The number of fused-ring (bicyclic) bond motifs is 1. The maximum absolute atomic E-state index is 13.1. The molecule has 3 heteroatoms. The van der Waals surface area contributed by atoms with Crippen LogP contribution in [0, 0.1) is 5.82 Å². The lowest BCUT2D eigenvalue weighted by molar-refractivity contribution is 0.410. The molecule has 0 amide bonds. The van der Waals surface area contributed by atoms with Crippen LogP contribution >= 0.6 is 0 Å². The number of halogens is 1. The predicted octanol–water partition coefficient (Wildman–Crippen LogP) is 2.58. The second-order valence-corrected chi connectivity index (χ2v) is 3.73. The first kappa shape index (κ1) is 9.31. The van der Waals surface area contributed by atoms with E-state index in [1.807, 2.05) is 0 Å². The molecule has 1 aromatic carbocycles. The monoisotopic (exact) mass is 195 g/mol. The van der Waals surface area contributed by atoms with Crippen LogP contribution in [0.1, 0.15) is 18.9 Å². The molecule has 0 fully saturated rings. The van der Waals surface area contributed by atoms with E-state index in [0.717, 1.165) is 24.1 Å². The molecule has 1 N–H and O–H groups in total. The molecule has 14 heavy (non-hydrogen) atoms. The highest BCUT2D eigenvalue weighted by Crippen LogP contribution is 2.34. The molecule has 0 aromatic heterocycles. The van der Waals surface area contributed by atoms with Gasteiger partial charge < -0.3 is 10.1 Å². The van der Waals surface area contributed by atoms with E-state index in [0.29, 0.717) is 11.8 Å². The normalized spacial score (nSPS) is 19.8. The van der Waals surface area contributed by atoms with Crippen molar-refractivity contribution in [1.82, 2.24) is 0 Å². The van der Waals surface area contributed by atoms with Crippen molar-refractivity contribution < 1.29 is 9.13 Å². The van der Waals surface area contributed by atoms with Crippen molar-refractivity contribution in [2.24, 2.45) is 0 Å². The highest BCUT2D eigenvalue weighted by Gasteiger charge is 2.18. The zero-order chi connectivity index (χ0) is 10.1. The van der Waals surface area contributed by atoms with Gasteiger partial charge in [-0.05, 0) is 31.4 Å². The van der Waals surface area contributed by atoms with Gasteiger partial charge in [0.15, 0.2) is 0 Å². The largest absolute Gasteiger partial charge is 0.494 e. The Morgan fingerprint density at radius 3 is 3.00 bits per heavy atom. The van der Waals surface area contributed by atoms with Gasteiger partial charge in [-0.3, -0.25) is 0 Å². The van der Waals surface area contributed by atoms with Gasteiger partial charge in [0.2, 0.25) is 0 Å². The molecule has 2 nitrogen and oxygen atoms in total. The second-order valence-electron chi connectivity index (χ2n) is 3.73. The molecule has 76 valence electrons. The van der Waals surface area contributed by atoms with E-state index in [9.17, 15) is 4.39 Å². The first-order valence-corrected chi connectivity index (χ1v) is 4.83. The van der Waals surface area contributed by atoms with E-state index >= 15 is 0 Å². The van der Waals surface area contributed by atoms with Crippen LogP contribution in [0.3, 0.4) is 0 Å². The molecule has 0 aliphatic carbocycles. The lowest BCUT2D eigenvalue weighted by atomic mass is 9.98. The van der Waals surface area contributed by atoms with Crippen LogP contribution in [0.5, 0.6) is 5.75 Å². The highest BCUT2D eigenvalue weighted by atomic mass is 19.1. The average Bonchev–Trinajstić information content (AvgIpc) is 2.17. The molecule has 1 aromatic rings. The first-order chi connectivity index (χ1) is 6.70.